The maximum absolute atomic E-state index is 3.19. The molecule has 2 heteroatoms. The van der Waals surface area contributed by atoms with Gasteiger partial charge in [0.25, 0.3) is 0 Å². The van der Waals surface area contributed by atoms with Gasteiger partial charge in [0.1, 0.15) is 0 Å². The molecule has 0 nitrogen and oxygen atoms in total. The van der Waals surface area contributed by atoms with Gasteiger partial charge in [-0.1, -0.05) is 11.8 Å². The predicted molar refractivity (Wildman–Crippen MR) is 52.1 cm³/mol. The molecule has 3 aliphatic carbocycles. The largest absolute Gasteiger partial charge is 0.0838 e. The Labute approximate surface area is 83.4 Å². The fourth-order valence-electron chi connectivity index (χ4n) is 2.25. The second kappa shape index (κ2) is 2.28. The van der Waals surface area contributed by atoms with Crippen molar-refractivity contribution in [1.82, 2.24) is 0 Å². The van der Waals surface area contributed by atoms with Crippen molar-refractivity contribution in [3.63, 3.8) is 0 Å². The molecular weight excluding hydrogens is 268 g/mol. The quantitative estimate of drug-likeness (QED) is 0.596. The van der Waals surface area contributed by atoms with Crippen LogP contribution in [0.3, 0.4) is 0 Å². The third kappa shape index (κ3) is 0.968. The Bertz CT molecular complexity index is 258. The van der Waals surface area contributed by atoms with E-state index in [1.54, 1.807) is 0 Å². The van der Waals surface area contributed by atoms with Gasteiger partial charge in [-0.25, -0.2) is 0 Å². The average Bonchev–Trinajstić information content (AvgIpc) is 1.81. The first-order valence-electron chi connectivity index (χ1n) is 3.50. The SMILES string of the molecule is BrC#CC12CC(C#CBr)(C1)C2. The van der Waals surface area contributed by atoms with Crippen LogP contribution in [0.5, 0.6) is 0 Å². The van der Waals surface area contributed by atoms with Gasteiger partial charge in [-0.05, 0) is 28.9 Å². The Morgan fingerprint density at radius 1 is 0.818 bits per heavy atom. The average molecular weight is 274 g/mol. The molecule has 0 amide bonds. The summed E-state index contributed by atoms with van der Waals surface area (Å²) in [4.78, 5) is 5.62. The highest BCUT2D eigenvalue weighted by molar-refractivity contribution is 9.12. The van der Waals surface area contributed by atoms with Crippen LogP contribution in [-0.2, 0) is 0 Å². The lowest BCUT2D eigenvalue weighted by Gasteiger charge is -2.65. The molecule has 0 aromatic rings. The van der Waals surface area contributed by atoms with Gasteiger partial charge >= 0.3 is 0 Å². The fourth-order valence-corrected chi connectivity index (χ4v) is 3.09. The van der Waals surface area contributed by atoms with E-state index in [4.69, 9.17) is 0 Å². The molecule has 3 aliphatic rings. The molecule has 0 atom stereocenters. The Hall–Kier alpha value is 0.0800. The molecule has 11 heavy (non-hydrogen) atoms. The molecule has 2 bridgehead atoms. The highest BCUT2D eigenvalue weighted by Gasteiger charge is 2.66. The Kier molecular flexibility index (Phi) is 1.60. The summed E-state index contributed by atoms with van der Waals surface area (Å²) in [6.45, 7) is 0. The number of rotatable bonds is 0. The Balaban J connectivity index is 2.06. The highest BCUT2D eigenvalue weighted by atomic mass is 79.9. The molecule has 0 spiro atoms. The summed E-state index contributed by atoms with van der Waals surface area (Å²) in [5.41, 5.74) is 0.695. The van der Waals surface area contributed by atoms with E-state index in [0.29, 0.717) is 10.8 Å². The van der Waals surface area contributed by atoms with E-state index in [2.05, 4.69) is 53.4 Å². The number of hydrogen-bond donors (Lipinski definition) is 0. The van der Waals surface area contributed by atoms with Crippen molar-refractivity contribution in [2.24, 2.45) is 10.8 Å². The van der Waals surface area contributed by atoms with Crippen LogP contribution in [0, 0.1) is 32.3 Å². The molecule has 3 saturated carbocycles. The number of hydrogen-bond acceptors (Lipinski definition) is 0. The summed E-state index contributed by atoms with van der Waals surface area (Å²) >= 11 is 6.27. The van der Waals surface area contributed by atoms with Crippen molar-refractivity contribution in [3.05, 3.63) is 0 Å². The predicted octanol–water partition coefficient (Wildman–Crippen LogP) is 2.87. The monoisotopic (exact) mass is 272 g/mol. The molecular formula is C9H6Br2. The summed E-state index contributed by atoms with van der Waals surface area (Å²) in [6.07, 6.45) is 3.53. The van der Waals surface area contributed by atoms with Gasteiger partial charge < -0.3 is 0 Å². The topological polar surface area (TPSA) is 0 Å². The lowest BCUT2D eigenvalue weighted by Crippen LogP contribution is -2.59. The van der Waals surface area contributed by atoms with Crippen LogP contribution in [0.2, 0.25) is 0 Å². The van der Waals surface area contributed by atoms with Crippen LogP contribution in [0.15, 0.2) is 0 Å². The zero-order valence-corrected chi connectivity index (χ0v) is 9.05. The van der Waals surface area contributed by atoms with Crippen molar-refractivity contribution < 1.29 is 0 Å². The molecule has 3 fully saturated rings. The molecule has 0 aromatic heterocycles. The molecule has 3 rings (SSSR count). The van der Waals surface area contributed by atoms with Crippen LogP contribution in [0.1, 0.15) is 19.3 Å². The third-order valence-corrected chi connectivity index (χ3v) is 3.05. The molecule has 0 heterocycles. The van der Waals surface area contributed by atoms with Crippen LogP contribution >= 0.6 is 31.9 Å². The molecule has 56 valence electrons. The maximum atomic E-state index is 3.19. The minimum absolute atomic E-state index is 0.348. The zero-order valence-electron chi connectivity index (χ0n) is 5.88. The standard InChI is InChI=1S/C9H6Br2/c10-3-1-8-5-9(6-8,7-8)2-4-11/h5-7H2. The van der Waals surface area contributed by atoms with Gasteiger partial charge in [0, 0.05) is 42.7 Å². The summed E-state index contributed by atoms with van der Waals surface area (Å²) in [5.74, 6) is 6.38. The first-order valence-corrected chi connectivity index (χ1v) is 5.09. The van der Waals surface area contributed by atoms with Gasteiger partial charge in [-0.2, -0.15) is 0 Å². The summed E-state index contributed by atoms with van der Waals surface area (Å²) in [6, 6.07) is 0. The van der Waals surface area contributed by atoms with Gasteiger partial charge in [0.2, 0.25) is 0 Å². The van der Waals surface area contributed by atoms with E-state index >= 15 is 0 Å². The second-order valence-electron chi connectivity index (χ2n) is 3.53. The van der Waals surface area contributed by atoms with Crippen LogP contribution in [0.25, 0.3) is 0 Å². The third-order valence-electron chi connectivity index (χ3n) is 2.66. The first kappa shape index (κ1) is 7.71. The van der Waals surface area contributed by atoms with E-state index < -0.39 is 0 Å². The Morgan fingerprint density at radius 3 is 1.45 bits per heavy atom. The van der Waals surface area contributed by atoms with Gasteiger partial charge in [0.15, 0.2) is 0 Å². The lowest BCUT2D eigenvalue weighted by molar-refractivity contribution is -0.113. The van der Waals surface area contributed by atoms with Crippen molar-refractivity contribution in [2.75, 3.05) is 0 Å². The summed E-state index contributed by atoms with van der Waals surface area (Å²) < 4.78 is 0. The van der Waals surface area contributed by atoms with E-state index in [0.717, 1.165) is 0 Å². The van der Waals surface area contributed by atoms with Crippen molar-refractivity contribution >= 4 is 31.9 Å². The fraction of sp³-hybridized carbons (Fsp3) is 0.556. The molecule has 0 saturated heterocycles. The molecule has 0 unspecified atom stereocenters. The maximum Gasteiger partial charge on any atom is 0.0367 e. The van der Waals surface area contributed by atoms with Crippen molar-refractivity contribution in [3.8, 4) is 21.5 Å². The Morgan fingerprint density at radius 2 is 1.18 bits per heavy atom. The normalized spacial score (nSPS) is 43.5. The first-order chi connectivity index (χ1) is 5.24. The van der Waals surface area contributed by atoms with Crippen molar-refractivity contribution in [2.45, 2.75) is 19.3 Å². The summed E-state index contributed by atoms with van der Waals surface area (Å²) in [7, 11) is 0. The minimum atomic E-state index is 0.348. The van der Waals surface area contributed by atoms with Gasteiger partial charge in [-0.3, -0.25) is 0 Å². The van der Waals surface area contributed by atoms with Gasteiger partial charge in [0.05, 0.1) is 0 Å². The van der Waals surface area contributed by atoms with Gasteiger partial charge in [-0.15, -0.1) is 0 Å². The smallest absolute Gasteiger partial charge is 0.0367 e. The van der Waals surface area contributed by atoms with E-state index in [9.17, 15) is 0 Å². The van der Waals surface area contributed by atoms with Crippen LogP contribution < -0.4 is 0 Å². The second-order valence-corrected chi connectivity index (χ2v) is 4.32. The molecule has 0 aromatic carbocycles. The summed E-state index contributed by atoms with van der Waals surface area (Å²) in [5, 5.41) is 0. The molecule has 0 radical (unpaired) electrons. The minimum Gasteiger partial charge on any atom is -0.0838 e. The molecule has 0 N–H and O–H groups in total. The number of halogens is 2. The highest BCUT2D eigenvalue weighted by Crippen LogP contribution is 2.72. The lowest BCUT2D eigenvalue weighted by atomic mass is 9.36. The van der Waals surface area contributed by atoms with E-state index in [1.807, 2.05) is 0 Å². The van der Waals surface area contributed by atoms with E-state index in [-0.39, 0.29) is 0 Å². The van der Waals surface area contributed by atoms with Crippen LogP contribution in [-0.4, -0.2) is 0 Å². The van der Waals surface area contributed by atoms with Crippen molar-refractivity contribution in [1.29, 1.82) is 0 Å². The molecule has 0 aliphatic heterocycles. The zero-order chi connectivity index (χ0) is 7.95. The van der Waals surface area contributed by atoms with Crippen LogP contribution in [0.4, 0.5) is 0 Å². The van der Waals surface area contributed by atoms with E-state index in [1.165, 1.54) is 19.3 Å².